The number of hydrogen-bond donors (Lipinski definition) is 1. The number of hydrogen-bond acceptors (Lipinski definition) is 2. The number of halogens is 1. The molecule has 0 saturated heterocycles. The lowest BCUT2D eigenvalue weighted by Crippen LogP contribution is -2.34. The standard InChI is InChI=1S/C27H24FN3O/c28-24-12-10-23(11-13-24)27(14-15-27)26(32)29-18-22-4-1-2-5-25(22)21-8-6-20(7-9-21)19-31-17-3-16-30-31/h1-13,16-17H,14-15,18-19H2,(H,29,32). The van der Waals surface area contributed by atoms with Gasteiger partial charge in [-0.1, -0.05) is 60.7 Å². The second kappa shape index (κ2) is 8.42. The van der Waals surface area contributed by atoms with Crippen LogP contribution in [0.2, 0.25) is 0 Å². The van der Waals surface area contributed by atoms with Gasteiger partial charge in [0.1, 0.15) is 5.82 Å². The molecule has 1 amide bonds. The Hall–Kier alpha value is -3.73. The van der Waals surface area contributed by atoms with Crippen molar-refractivity contribution in [3.63, 3.8) is 0 Å². The molecule has 0 radical (unpaired) electrons. The second-order valence-electron chi connectivity index (χ2n) is 8.33. The summed E-state index contributed by atoms with van der Waals surface area (Å²) in [7, 11) is 0. The predicted molar refractivity (Wildman–Crippen MR) is 122 cm³/mol. The average molecular weight is 426 g/mol. The van der Waals surface area contributed by atoms with Gasteiger partial charge in [-0.3, -0.25) is 9.48 Å². The number of nitrogens with one attached hydrogen (secondary N) is 1. The van der Waals surface area contributed by atoms with E-state index in [-0.39, 0.29) is 11.7 Å². The number of carbonyl (C=O) groups is 1. The Bertz CT molecular complexity index is 1210. The van der Waals surface area contributed by atoms with Crippen molar-refractivity contribution < 1.29 is 9.18 Å². The molecule has 32 heavy (non-hydrogen) atoms. The first kappa shape index (κ1) is 20.2. The Morgan fingerprint density at radius 1 is 0.969 bits per heavy atom. The molecule has 160 valence electrons. The zero-order chi connectivity index (χ0) is 22.0. The van der Waals surface area contributed by atoms with Crippen molar-refractivity contribution in [3.05, 3.63) is 114 Å². The van der Waals surface area contributed by atoms with E-state index in [1.807, 2.05) is 35.1 Å². The lowest BCUT2D eigenvalue weighted by molar-refractivity contribution is -0.123. The zero-order valence-corrected chi connectivity index (χ0v) is 17.7. The summed E-state index contributed by atoms with van der Waals surface area (Å²) in [5.74, 6) is -0.275. The minimum absolute atomic E-state index is 0.00785. The van der Waals surface area contributed by atoms with Crippen LogP contribution in [0.15, 0.2) is 91.3 Å². The first-order chi connectivity index (χ1) is 15.6. The van der Waals surface area contributed by atoms with Crippen LogP contribution in [-0.4, -0.2) is 15.7 Å². The van der Waals surface area contributed by atoms with Crippen LogP contribution in [0.25, 0.3) is 11.1 Å². The Morgan fingerprint density at radius 3 is 2.41 bits per heavy atom. The topological polar surface area (TPSA) is 46.9 Å². The molecule has 0 unspecified atom stereocenters. The molecule has 1 aliphatic rings. The summed E-state index contributed by atoms with van der Waals surface area (Å²) in [5.41, 5.74) is 4.83. The molecule has 1 aliphatic carbocycles. The van der Waals surface area contributed by atoms with Crippen molar-refractivity contribution in [3.8, 4) is 11.1 Å². The largest absolute Gasteiger partial charge is 0.351 e. The van der Waals surface area contributed by atoms with E-state index in [0.29, 0.717) is 6.54 Å². The lowest BCUT2D eigenvalue weighted by Gasteiger charge is -2.17. The zero-order valence-electron chi connectivity index (χ0n) is 17.7. The van der Waals surface area contributed by atoms with Gasteiger partial charge < -0.3 is 5.32 Å². The van der Waals surface area contributed by atoms with E-state index in [0.717, 1.165) is 41.6 Å². The maximum Gasteiger partial charge on any atom is 0.230 e. The van der Waals surface area contributed by atoms with Gasteiger partial charge in [-0.2, -0.15) is 5.10 Å². The van der Waals surface area contributed by atoms with Crippen LogP contribution >= 0.6 is 0 Å². The number of nitrogens with zero attached hydrogens (tertiary/aromatic N) is 2. The SMILES string of the molecule is O=C(NCc1ccccc1-c1ccc(Cn2cccn2)cc1)C1(c2ccc(F)cc2)CC1. The van der Waals surface area contributed by atoms with Crippen LogP contribution in [0.3, 0.4) is 0 Å². The van der Waals surface area contributed by atoms with Crippen LogP contribution in [0.1, 0.15) is 29.5 Å². The first-order valence-corrected chi connectivity index (χ1v) is 10.8. The molecule has 4 nitrogen and oxygen atoms in total. The smallest absolute Gasteiger partial charge is 0.230 e. The molecular formula is C27H24FN3O. The molecule has 1 aromatic heterocycles. The van der Waals surface area contributed by atoms with Crippen molar-refractivity contribution in [2.75, 3.05) is 0 Å². The summed E-state index contributed by atoms with van der Waals surface area (Å²) in [6.45, 7) is 1.18. The highest BCUT2D eigenvalue weighted by atomic mass is 19.1. The third-order valence-electron chi connectivity index (χ3n) is 6.21. The molecule has 1 saturated carbocycles. The van der Waals surface area contributed by atoms with Gasteiger partial charge >= 0.3 is 0 Å². The van der Waals surface area contributed by atoms with Gasteiger partial charge in [0.05, 0.1) is 12.0 Å². The molecular weight excluding hydrogens is 401 g/mol. The Kier molecular flexibility index (Phi) is 5.31. The van der Waals surface area contributed by atoms with Gasteiger partial charge in [0.25, 0.3) is 0 Å². The van der Waals surface area contributed by atoms with E-state index in [9.17, 15) is 9.18 Å². The third kappa shape index (κ3) is 4.06. The van der Waals surface area contributed by atoms with E-state index >= 15 is 0 Å². The van der Waals surface area contributed by atoms with Crippen LogP contribution in [0.5, 0.6) is 0 Å². The maximum atomic E-state index is 13.3. The van der Waals surface area contributed by atoms with Gasteiger partial charge in [0, 0.05) is 18.9 Å². The summed E-state index contributed by atoms with van der Waals surface area (Å²) in [6, 6.07) is 24.8. The molecule has 3 aromatic carbocycles. The molecule has 1 N–H and O–H groups in total. The maximum absolute atomic E-state index is 13.3. The summed E-state index contributed by atoms with van der Waals surface area (Å²) >= 11 is 0. The molecule has 0 atom stereocenters. The van der Waals surface area contributed by atoms with Gasteiger partial charge in [-0.15, -0.1) is 0 Å². The number of rotatable bonds is 7. The molecule has 5 heteroatoms. The monoisotopic (exact) mass is 425 g/mol. The highest BCUT2D eigenvalue weighted by molar-refractivity contribution is 5.91. The van der Waals surface area contributed by atoms with E-state index < -0.39 is 5.41 Å². The predicted octanol–water partition coefficient (Wildman–Crippen LogP) is 5.09. The minimum Gasteiger partial charge on any atom is -0.351 e. The van der Waals surface area contributed by atoms with Crippen molar-refractivity contribution in [2.24, 2.45) is 0 Å². The quantitative estimate of drug-likeness (QED) is 0.449. The van der Waals surface area contributed by atoms with E-state index in [1.165, 1.54) is 17.7 Å². The molecule has 4 aromatic rings. The highest BCUT2D eigenvalue weighted by Gasteiger charge is 2.51. The summed E-state index contributed by atoms with van der Waals surface area (Å²) in [5, 5.41) is 7.38. The lowest BCUT2D eigenvalue weighted by atomic mass is 9.94. The van der Waals surface area contributed by atoms with Gasteiger partial charge in [-0.05, 0) is 58.9 Å². The Labute approximate surface area is 186 Å². The van der Waals surface area contributed by atoms with E-state index in [1.54, 1.807) is 18.3 Å². The molecule has 0 spiro atoms. The first-order valence-electron chi connectivity index (χ1n) is 10.8. The van der Waals surface area contributed by atoms with Crippen molar-refractivity contribution >= 4 is 5.91 Å². The second-order valence-corrected chi connectivity index (χ2v) is 8.33. The third-order valence-corrected chi connectivity index (χ3v) is 6.21. The van der Waals surface area contributed by atoms with Crippen LogP contribution in [-0.2, 0) is 23.3 Å². The Balaban J connectivity index is 1.30. The van der Waals surface area contributed by atoms with E-state index in [2.05, 4.69) is 40.7 Å². The fraction of sp³-hybridized carbons (Fsp3) is 0.185. The van der Waals surface area contributed by atoms with Crippen molar-refractivity contribution in [2.45, 2.75) is 31.3 Å². The summed E-state index contributed by atoms with van der Waals surface area (Å²) in [6.07, 6.45) is 5.32. The van der Waals surface area contributed by atoms with E-state index in [4.69, 9.17) is 0 Å². The van der Waals surface area contributed by atoms with Crippen LogP contribution in [0.4, 0.5) is 4.39 Å². The highest BCUT2D eigenvalue weighted by Crippen LogP contribution is 2.48. The van der Waals surface area contributed by atoms with Crippen molar-refractivity contribution in [1.82, 2.24) is 15.1 Å². The molecule has 0 bridgehead atoms. The number of aromatic nitrogens is 2. The number of amides is 1. The number of benzene rings is 3. The van der Waals surface area contributed by atoms with Crippen molar-refractivity contribution in [1.29, 1.82) is 0 Å². The van der Waals surface area contributed by atoms with Gasteiger partial charge in [0.2, 0.25) is 5.91 Å². The number of carbonyl (C=O) groups excluding carboxylic acids is 1. The van der Waals surface area contributed by atoms with Gasteiger partial charge in [0.15, 0.2) is 0 Å². The van der Waals surface area contributed by atoms with Gasteiger partial charge in [-0.25, -0.2) is 4.39 Å². The van der Waals surface area contributed by atoms with Crippen LogP contribution < -0.4 is 5.32 Å². The summed E-state index contributed by atoms with van der Waals surface area (Å²) in [4.78, 5) is 13.0. The minimum atomic E-state index is -0.517. The summed E-state index contributed by atoms with van der Waals surface area (Å²) < 4.78 is 15.2. The fourth-order valence-corrected chi connectivity index (χ4v) is 4.21. The molecule has 1 heterocycles. The molecule has 5 rings (SSSR count). The average Bonchev–Trinajstić information content (AvgIpc) is 3.48. The molecule has 0 aliphatic heterocycles. The normalized spacial score (nSPS) is 14.2. The molecule has 1 fully saturated rings. The fourth-order valence-electron chi connectivity index (χ4n) is 4.21. The van der Waals surface area contributed by atoms with Crippen LogP contribution in [0, 0.1) is 5.82 Å². The Morgan fingerprint density at radius 2 is 1.72 bits per heavy atom.